The third kappa shape index (κ3) is 7.22. The second-order valence-corrected chi connectivity index (χ2v) is 16.9. The second kappa shape index (κ2) is 15.2. The summed E-state index contributed by atoms with van der Waals surface area (Å²) in [4.78, 5) is 34.7. The summed E-state index contributed by atoms with van der Waals surface area (Å²) in [7, 11) is 0. The van der Waals surface area contributed by atoms with Gasteiger partial charge in [-0.15, -0.1) is 0 Å². The Morgan fingerprint density at radius 1 is 0.818 bits per heavy atom. The maximum atomic E-state index is 16.3. The van der Waals surface area contributed by atoms with Crippen LogP contribution >= 0.6 is 0 Å². The van der Waals surface area contributed by atoms with Gasteiger partial charge in [-0.2, -0.15) is 0 Å². The van der Waals surface area contributed by atoms with Gasteiger partial charge in [-0.3, -0.25) is 14.5 Å². The molecular weight excluding hydrogens is 690 g/mol. The highest BCUT2D eigenvalue weighted by Gasteiger charge is 2.42. The van der Waals surface area contributed by atoms with Crippen LogP contribution < -0.4 is 15.1 Å². The number of hydrogen-bond acceptors (Lipinski definition) is 6. The standard InChI is InChI=1S/C46H54FN5O3/c1-30-7-11-38-33(25-30)8-12-37(32-5-3-2-4-6-32)44(38)40-14-10-36(27-41(40)47)50-19-17-31(18-20-50)28-49-21-23-51(24-22-49)35-9-13-39-34(26-35)29-52(46(39)55)42-15-16-43(53)48-45(42)54/h2-7,9-11,13-14,25-27,31,33,37-38,42-44,53H,8,12,15-24,28-29H2,1H3,(H,48,54)/t33?,37-,38?,42?,43?,44+/m1/s1. The van der Waals surface area contributed by atoms with Crippen molar-refractivity contribution in [2.45, 2.75) is 76.1 Å². The molecule has 6 aliphatic rings. The van der Waals surface area contributed by atoms with Crippen molar-refractivity contribution >= 4 is 23.2 Å². The van der Waals surface area contributed by atoms with Gasteiger partial charge in [-0.25, -0.2) is 4.39 Å². The number of carbonyl (C=O) groups excluding carboxylic acids is 2. The third-order valence-electron chi connectivity index (χ3n) is 13.6. The summed E-state index contributed by atoms with van der Waals surface area (Å²) in [5.41, 5.74) is 7.29. The minimum absolute atomic E-state index is 0.0617. The molecule has 9 heteroatoms. The van der Waals surface area contributed by atoms with Gasteiger partial charge in [-0.05, 0) is 116 Å². The molecule has 0 spiro atoms. The Morgan fingerprint density at radius 3 is 2.33 bits per heavy atom. The van der Waals surface area contributed by atoms with Crippen molar-refractivity contribution in [1.29, 1.82) is 0 Å². The zero-order valence-corrected chi connectivity index (χ0v) is 32.0. The van der Waals surface area contributed by atoms with Crippen molar-refractivity contribution in [2.75, 3.05) is 55.6 Å². The lowest BCUT2D eigenvalue weighted by atomic mass is 9.61. The summed E-state index contributed by atoms with van der Waals surface area (Å²) in [6, 6.07) is 22.4. The van der Waals surface area contributed by atoms with Crippen LogP contribution in [0.1, 0.15) is 84.3 Å². The quantitative estimate of drug-likeness (QED) is 0.277. The number of piperidine rings is 2. The van der Waals surface area contributed by atoms with Crippen LogP contribution in [0.4, 0.5) is 15.8 Å². The largest absolute Gasteiger partial charge is 0.374 e. The number of nitrogens with zero attached hydrogens (tertiary/aromatic N) is 4. The molecule has 288 valence electrons. The lowest BCUT2D eigenvalue weighted by Gasteiger charge is -2.43. The number of carbonyl (C=O) groups is 2. The first-order chi connectivity index (χ1) is 26.8. The molecule has 3 aromatic rings. The summed E-state index contributed by atoms with van der Waals surface area (Å²) in [5, 5.41) is 12.4. The van der Waals surface area contributed by atoms with Gasteiger partial charge in [-0.1, -0.05) is 60.2 Å². The van der Waals surface area contributed by atoms with Gasteiger partial charge in [0, 0.05) is 75.2 Å². The monoisotopic (exact) mass is 743 g/mol. The molecule has 1 saturated carbocycles. The number of rotatable bonds is 7. The maximum Gasteiger partial charge on any atom is 0.255 e. The van der Waals surface area contributed by atoms with E-state index in [-0.39, 0.29) is 23.5 Å². The molecule has 4 aliphatic heterocycles. The van der Waals surface area contributed by atoms with Crippen LogP contribution in [0.5, 0.6) is 0 Å². The van der Waals surface area contributed by atoms with Gasteiger partial charge in [0.2, 0.25) is 5.91 Å². The summed E-state index contributed by atoms with van der Waals surface area (Å²) in [6.45, 7) is 9.46. The number of aliphatic hydroxyl groups is 1. The number of piperazine rings is 1. The third-order valence-corrected chi connectivity index (χ3v) is 13.6. The number of amides is 2. The molecule has 2 N–H and O–H groups in total. The normalized spacial score (nSPS) is 28.9. The van der Waals surface area contributed by atoms with Crippen molar-refractivity contribution in [1.82, 2.24) is 15.1 Å². The second-order valence-electron chi connectivity index (χ2n) is 16.9. The molecule has 6 atom stereocenters. The van der Waals surface area contributed by atoms with Gasteiger partial charge in [0.1, 0.15) is 18.1 Å². The van der Waals surface area contributed by atoms with E-state index >= 15 is 4.39 Å². The minimum atomic E-state index is -0.831. The molecule has 3 saturated heterocycles. The first kappa shape index (κ1) is 36.2. The van der Waals surface area contributed by atoms with Crippen LogP contribution in [0.2, 0.25) is 0 Å². The number of fused-ring (bicyclic) bond motifs is 2. The Bertz CT molecular complexity index is 1970. The van der Waals surface area contributed by atoms with Crippen molar-refractivity contribution in [3.8, 4) is 0 Å². The van der Waals surface area contributed by atoms with E-state index in [1.54, 1.807) is 4.90 Å². The zero-order valence-electron chi connectivity index (χ0n) is 32.0. The molecule has 0 radical (unpaired) electrons. The molecule has 4 unspecified atom stereocenters. The van der Waals surface area contributed by atoms with Crippen molar-refractivity contribution in [3.05, 3.63) is 119 Å². The summed E-state index contributed by atoms with van der Waals surface area (Å²) in [5.74, 6) is 1.37. The fourth-order valence-electron chi connectivity index (χ4n) is 10.7. The molecule has 4 heterocycles. The average molecular weight is 744 g/mol. The molecule has 8 nitrogen and oxygen atoms in total. The average Bonchev–Trinajstić information content (AvgIpc) is 3.53. The summed E-state index contributed by atoms with van der Waals surface area (Å²) in [6.07, 6.45) is 11.5. The van der Waals surface area contributed by atoms with Crippen LogP contribution in [0.15, 0.2) is 90.5 Å². The molecule has 9 rings (SSSR count). The number of anilines is 2. The predicted molar refractivity (Wildman–Crippen MR) is 215 cm³/mol. The van der Waals surface area contributed by atoms with Crippen molar-refractivity contribution in [2.24, 2.45) is 17.8 Å². The number of benzene rings is 3. The molecule has 4 fully saturated rings. The lowest BCUT2D eigenvalue weighted by molar-refractivity contribution is -0.132. The molecule has 2 amide bonds. The fraction of sp³-hybridized carbons (Fsp3) is 0.478. The molecule has 0 bridgehead atoms. The van der Waals surface area contributed by atoms with Crippen LogP contribution in [-0.4, -0.2) is 84.8 Å². The molecular formula is C46H54FN5O3. The predicted octanol–water partition coefficient (Wildman–Crippen LogP) is 6.83. The van der Waals surface area contributed by atoms with Gasteiger partial charge in [0.05, 0.1) is 0 Å². The number of halogens is 1. The minimum Gasteiger partial charge on any atom is -0.374 e. The van der Waals surface area contributed by atoms with E-state index in [0.29, 0.717) is 48.6 Å². The number of allylic oxidation sites excluding steroid dienone is 4. The maximum absolute atomic E-state index is 16.3. The topological polar surface area (TPSA) is 79.4 Å². The van der Waals surface area contributed by atoms with Gasteiger partial charge >= 0.3 is 0 Å². The summed E-state index contributed by atoms with van der Waals surface area (Å²) < 4.78 is 16.3. The number of hydrogen-bond donors (Lipinski definition) is 2. The Morgan fingerprint density at radius 2 is 1.56 bits per heavy atom. The zero-order chi connectivity index (χ0) is 37.6. The van der Waals surface area contributed by atoms with Crippen molar-refractivity contribution in [3.63, 3.8) is 0 Å². The first-order valence-electron chi connectivity index (χ1n) is 20.6. The van der Waals surface area contributed by atoms with Gasteiger partial charge < -0.3 is 25.1 Å². The van der Waals surface area contributed by atoms with E-state index in [2.05, 4.69) is 93.7 Å². The van der Waals surface area contributed by atoms with Crippen LogP contribution in [0, 0.1) is 23.6 Å². The molecule has 0 aromatic heterocycles. The van der Waals surface area contributed by atoms with E-state index in [4.69, 9.17) is 0 Å². The number of nitrogens with one attached hydrogen (secondary N) is 1. The Hall–Kier alpha value is -4.47. The van der Waals surface area contributed by atoms with Crippen LogP contribution in [-0.2, 0) is 11.3 Å². The van der Waals surface area contributed by atoms with E-state index in [1.807, 2.05) is 18.2 Å². The van der Waals surface area contributed by atoms with E-state index < -0.39 is 12.3 Å². The first-order valence-corrected chi connectivity index (χ1v) is 20.6. The van der Waals surface area contributed by atoms with Crippen LogP contribution in [0.25, 0.3) is 0 Å². The Balaban J connectivity index is 0.786. The van der Waals surface area contributed by atoms with Crippen molar-refractivity contribution < 1.29 is 19.1 Å². The van der Waals surface area contributed by atoms with E-state index in [0.717, 1.165) is 94.0 Å². The molecule has 3 aromatic carbocycles. The summed E-state index contributed by atoms with van der Waals surface area (Å²) >= 11 is 0. The molecule has 55 heavy (non-hydrogen) atoms. The highest BCUT2D eigenvalue weighted by atomic mass is 19.1. The van der Waals surface area contributed by atoms with E-state index in [1.165, 1.54) is 11.1 Å². The van der Waals surface area contributed by atoms with Crippen LogP contribution in [0.3, 0.4) is 0 Å². The van der Waals surface area contributed by atoms with Gasteiger partial charge in [0.25, 0.3) is 5.91 Å². The SMILES string of the molecule is CC1=CC2CC[C@H](c3ccccc3)[C@H](c3ccc(N4CCC(CN5CCN(c6ccc7c(c6)CN(C6CCC(O)NC6=O)C7=O)CC5)CC4)cc3F)C2C=C1. The molecule has 2 aliphatic carbocycles. The Kier molecular flexibility index (Phi) is 10.0. The highest BCUT2D eigenvalue weighted by Crippen LogP contribution is 2.52. The fourth-order valence-corrected chi connectivity index (χ4v) is 10.7. The van der Waals surface area contributed by atoms with E-state index in [9.17, 15) is 14.7 Å². The Labute approximate surface area is 324 Å². The van der Waals surface area contributed by atoms with Gasteiger partial charge in [0.15, 0.2) is 0 Å². The number of aliphatic hydroxyl groups excluding tert-OH is 1. The smallest absolute Gasteiger partial charge is 0.255 e. The lowest BCUT2D eigenvalue weighted by Crippen LogP contribution is -2.54. The highest BCUT2D eigenvalue weighted by molar-refractivity contribution is 6.01.